The summed E-state index contributed by atoms with van der Waals surface area (Å²) in [4.78, 5) is 0. The molecule has 3 nitrogen and oxygen atoms in total. The molecule has 1 aliphatic carbocycles. The first-order valence-corrected chi connectivity index (χ1v) is 7.97. The minimum absolute atomic E-state index is 0.652. The van der Waals surface area contributed by atoms with Crippen LogP contribution in [-0.2, 0) is 20.0 Å². The van der Waals surface area contributed by atoms with Crippen LogP contribution < -0.4 is 5.32 Å². The number of rotatable bonds is 5. The lowest BCUT2D eigenvalue weighted by molar-refractivity contribution is 0.284. The van der Waals surface area contributed by atoms with Gasteiger partial charge in [-0.1, -0.05) is 31.9 Å². The first-order chi connectivity index (χ1) is 9.15. The Morgan fingerprint density at radius 2 is 1.95 bits per heavy atom. The van der Waals surface area contributed by atoms with Crippen molar-refractivity contribution in [3.8, 4) is 0 Å². The number of hydrogen-bond donors (Lipinski definition) is 1. The minimum atomic E-state index is 0.652. The molecule has 0 unspecified atom stereocenters. The van der Waals surface area contributed by atoms with Crippen LogP contribution in [0.2, 0.25) is 5.02 Å². The van der Waals surface area contributed by atoms with Gasteiger partial charge in [-0.3, -0.25) is 4.68 Å². The van der Waals surface area contributed by atoms with Crippen molar-refractivity contribution in [3.05, 3.63) is 16.4 Å². The van der Waals surface area contributed by atoms with Gasteiger partial charge in [-0.25, -0.2) is 0 Å². The van der Waals surface area contributed by atoms with Gasteiger partial charge in [0, 0.05) is 19.6 Å². The number of nitrogens with zero attached hydrogens (tertiary/aromatic N) is 2. The highest BCUT2D eigenvalue weighted by Gasteiger charge is 2.20. The molecule has 1 aromatic heterocycles. The van der Waals surface area contributed by atoms with Crippen LogP contribution in [0.15, 0.2) is 0 Å². The van der Waals surface area contributed by atoms with E-state index in [1.165, 1.54) is 32.1 Å². The van der Waals surface area contributed by atoms with Crippen molar-refractivity contribution in [3.63, 3.8) is 0 Å². The van der Waals surface area contributed by atoms with Crippen LogP contribution in [0.5, 0.6) is 0 Å². The largest absolute Gasteiger partial charge is 0.308 e. The van der Waals surface area contributed by atoms with Crippen LogP contribution in [0.3, 0.4) is 0 Å². The Hall–Kier alpha value is -0.540. The van der Waals surface area contributed by atoms with E-state index >= 15 is 0 Å². The smallest absolute Gasteiger partial charge is 0.0863 e. The van der Waals surface area contributed by atoms with Gasteiger partial charge in [0.2, 0.25) is 0 Å². The molecule has 0 aliphatic heterocycles. The minimum Gasteiger partial charge on any atom is -0.308 e. The Kier molecular flexibility index (Phi) is 5.28. The maximum Gasteiger partial charge on any atom is 0.0863 e. The summed E-state index contributed by atoms with van der Waals surface area (Å²) in [7, 11) is 1.98. The van der Waals surface area contributed by atoms with E-state index in [1.807, 2.05) is 11.7 Å². The first-order valence-electron chi connectivity index (χ1n) is 7.59. The molecule has 1 fully saturated rings. The fraction of sp³-hybridized carbons (Fsp3) is 0.800. The molecular weight excluding hydrogens is 258 g/mol. The van der Waals surface area contributed by atoms with Crippen molar-refractivity contribution in [2.24, 2.45) is 13.0 Å². The molecule has 1 aliphatic rings. The average molecular weight is 284 g/mol. The highest BCUT2D eigenvalue weighted by atomic mass is 35.5. The first kappa shape index (κ1) is 14.9. The number of nitrogens with one attached hydrogen (secondary N) is 1. The normalized spacial score (nSPS) is 23.8. The third kappa shape index (κ3) is 3.51. The quantitative estimate of drug-likeness (QED) is 0.893. The van der Waals surface area contributed by atoms with E-state index < -0.39 is 0 Å². The number of aromatic nitrogens is 2. The molecule has 0 radical (unpaired) electrons. The fourth-order valence-electron chi connectivity index (χ4n) is 3.03. The molecule has 1 heterocycles. The summed E-state index contributed by atoms with van der Waals surface area (Å²) in [6.07, 6.45) is 7.57. The zero-order valence-electron chi connectivity index (χ0n) is 12.4. The SMILES string of the molecule is CCc1nn(C)c(CNC2CCC(CC)CC2)c1Cl. The molecule has 0 aromatic carbocycles. The van der Waals surface area contributed by atoms with Crippen LogP contribution in [-0.4, -0.2) is 15.8 Å². The summed E-state index contributed by atoms with van der Waals surface area (Å²) in [5, 5.41) is 8.97. The van der Waals surface area contributed by atoms with Crippen LogP contribution in [0.25, 0.3) is 0 Å². The van der Waals surface area contributed by atoms with Gasteiger partial charge in [0.1, 0.15) is 0 Å². The van der Waals surface area contributed by atoms with E-state index in [4.69, 9.17) is 11.6 Å². The van der Waals surface area contributed by atoms with Crippen molar-refractivity contribution in [2.75, 3.05) is 0 Å². The summed E-state index contributed by atoms with van der Waals surface area (Å²) in [6, 6.07) is 0.652. The molecule has 0 bridgehead atoms. The monoisotopic (exact) mass is 283 g/mol. The van der Waals surface area contributed by atoms with E-state index in [0.29, 0.717) is 6.04 Å². The van der Waals surface area contributed by atoms with Crippen LogP contribution >= 0.6 is 11.6 Å². The molecule has 1 aromatic rings. The standard InChI is InChI=1S/C15H26ClN3/c1-4-11-6-8-12(9-7-11)17-10-14-15(16)13(5-2)18-19(14)3/h11-12,17H,4-10H2,1-3H3. The summed E-state index contributed by atoms with van der Waals surface area (Å²) in [5.74, 6) is 0.949. The Morgan fingerprint density at radius 3 is 2.47 bits per heavy atom. The topological polar surface area (TPSA) is 29.9 Å². The molecule has 2 rings (SSSR count). The van der Waals surface area contributed by atoms with Gasteiger partial charge in [-0.2, -0.15) is 5.10 Å². The van der Waals surface area contributed by atoms with Crippen LogP contribution in [0, 0.1) is 5.92 Å². The van der Waals surface area contributed by atoms with Gasteiger partial charge in [0.15, 0.2) is 0 Å². The Balaban J connectivity index is 1.88. The van der Waals surface area contributed by atoms with E-state index in [2.05, 4.69) is 24.3 Å². The van der Waals surface area contributed by atoms with Crippen molar-refractivity contribution in [1.29, 1.82) is 0 Å². The van der Waals surface area contributed by atoms with Gasteiger partial charge in [0.25, 0.3) is 0 Å². The van der Waals surface area contributed by atoms with Gasteiger partial charge >= 0.3 is 0 Å². The zero-order chi connectivity index (χ0) is 13.8. The summed E-state index contributed by atoms with van der Waals surface area (Å²) < 4.78 is 1.92. The number of hydrogen-bond acceptors (Lipinski definition) is 2. The predicted molar refractivity (Wildman–Crippen MR) is 80.5 cm³/mol. The Morgan fingerprint density at radius 1 is 1.26 bits per heavy atom. The van der Waals surface area contributed by atoms with Crippen molar-refractivity contribution in [2.45, 2.75) is 65.0 Å². The third-order valence-corrected chi connectivity index (χ3v) is 4.92. The third-order valence-electron chi connectivity index (χ3n) is 4.49. The molecule has 0 spiro atoms. The van der Waals surface area contributed by atoms with E-state index in [0.717, 1.165) is 35.3 Å². The van der Waals surface area contributed by atoms with E-state index in [-0.39, 0.29) is 0 Å². The molecular formula is C15H26ClN3. The zero-order valence-corrected chi connectivity index (χ0v) is 13.1. The molecule has 0 atom stereocenters. The molecule has 1 saturated carbocycles. The lowest BCUT2D eigenvalue weighted by Gasteiger charge is -2.28. The summed E-state index contributed by atoms with van der Waals surface area (Å²) in [6.45, 7) is 5.24. The number of aryl methyl sites for hydroxylation is 2. The molecule has 108 valence electrons. The van der Waals surface area contributed by atoms with Gasteiger partial charge in [-0.05, 0) is 38.0 Å². The number of halogens is 1. The highest BCUT2D eigenvalue weighted by molar-refractivity contribution is 6.31. The maximum absolute atomic E-state index is 6.37. The van der Waals surface area contributed by atoms with Crippen molar-refractivity contribution < 1.29 is 0 Å². The molecule has 19 heavy (non-hydrogen) atoms. The summed E-state index contributed by atoms with van der Waals surface area (Å²) >= 11 is 6.37. The predicted octanol–water partition coefficient (Wildman–Crippen LogP) is 3.69. The Labute approximate surface area is 121 Å². The maximum atomic E-state index is 6.37. The lowest BCUT2D eigenvalue weighted by Crippen LogP contribution is -2.33. The highest BCUT2D eigenvalue weighted by Crippen LogP contribution is 2.27. The molecule has 0 saturated heterocycles. The van der Waals surface area contributed by atoms with E-state index in [1.54, 1.807) is 0 Å². The van der Waals surface area contributed by atoms with E-state index in [9.17, 15) is 0 Å². The second kappa shape index (κ2) is 6.76. The molecule has 1 N–H and O–H groups in total. The van der Waals surface area contributed by atoms with Crippen molar-refractivity contribution in [1.82, 2.24) is 15.1 Å². The summed E-state index contributed by atoms with van der Waals surface area (Å²) in [5.41, 5.74) is 2.13. The lowest BCUT2D eigenvalue weighted by atomic mass is 9.84. The fourth-order valence-corrected chi connectivity index (χ4v) is 3.39. The van der Waals surface area contributed by atoms with Crippen LogP contribution in [0.1, 0.15) is 57.3 Å². The Bertz CT molecular complexity index is 406. The second-order valence-electron chi connectivity index (χ2n) is 5.69. The van der Waals surface area contributed by atoms with Gasteiger partial charge in [-0.15, -0.1) is 0 Å². The average Bonchev–Trinajstić information content (AvgIpc) is 2.72. The van der Waals surface area contributed by atoms with Gasteiger partial charge in [0.05, 0.1) is 16.4 Å². The second-order valence-corrected chi connectivity index (χ2v) is 6.07. The van der Waals surface area contributed by atoms with Crippen molar-refractivity contribution >= 4 is 11.6 Å². The van der Waals surface area contributed by atoms with Gasteiger partial charge < -0.3 is 5.32 Å². The molecule has 0 amide bonds. The van der Waals surface area contributed by atoms with Crippen LogP contribution in [0.4, 0.5) is 0 Å². The molecule has 4 heteroatoms.